The van der Waals surface area contributed by atoms with Crippen LogP contribution in [0.3, 0.4) is 0 Å². The molecule has 0 spiro atoms. The third-order valence-corrected chi connectivity index (χ3v) is 5.43. The summed E-state index contributed by atoms with van der Waals surface area (Å²) in [6.45, 7) is 7.96. The highest BCUT2D eigenvalue weighted by Crippen LogP contribution is 2.31. The minimum Gasteiger partial charge on any atom is -0.396 e. The lowest BCUT2D eigenvalue weighted by molar-refractivity contribution is -0.141. The van der Waals surface area contributed by atoms with Gasteiger partial charge in [0, 0.05) is 69.1 Å². The molecule has 1 N–H and O–H groups in total. The van der Waals surface area contributed by atoms with Crippen molar-refractivity contribution < 1.29 is 9.90 Å². The summed E-state index contributed by atoms with van der Waals surface area (Å²) in [4.78, 5) is 25.7. The number of nitrogens with zero attached hydrogens (tertiary/aromatic N) is 4. The molecule has 0 bridgehead atoms. The second kappa shape index (κ2) is 8.23. The van der Waals surface area contributed by atoms with E-state index in [4.69, 9.17) is 5.11 Å². The number of amides is 1. The van der Waals surface area contributed by atoms with Crippen LogP contribution in [0.1, 0.15) is 56.8 Å². The normalized spacial score (nSPS) is 24.6. The highest BCUT2D eigenvalue weighted by atomic mass is 16.3. The van der Waals surface area contributed by atoms with E-state index in [9.17, 15) is 4.79 Å². The number of rotatable bonds is 6. The molecular formula is C19H30N4O2. The molecule has 1 amide bonds. The van der Waals surface area contributed by atoms with Gasteiger partial charge in [-0.3, -0.25) is 9.69 Å². The number of fused-ring (bicyclic) bond motifs is 1. The van der Waals surface area contributed by atoms with Crippen molar-refractivity contribution in [1.29, 1.82) is 0 Å². The van der Waals surface area contributed by atoms with Gasteiger partial charge in [-0.2, -0.15) is 0 Å². The fraction of sp³-hybridized carbons (Fsp3) is 0.737. The molecule has 0 saturated carbocycles. The van der Waals surface area contributed by atoms with Crippen molar-refractivity contribution in [3.63, 3.8) is 0 Å². The molecule has 25 heavy (non-hydrogen) atoms. The highest BCUT2D eigenvalue weighted by Gasteiger charge is 2.38. The van der Waals surface area contributed by atoms with Crippen molar-refractivity contribution in [3.8, 4) is 0 Å². The zero-order chi connectivity index (χ0) is 17.8. The Labute approximate surface area is 150 Å². The molecule has 2 saturated heterocycles. The molecule has 0 radical (unpaired) electrons. The van der Waals surface area contributed by atoms with Gasteiger partial charge < -0.3 is 10.0 Å². The summed E-state index contributed by atoms with van der Waals surface area (Å²) in [5, 5.41) is 9.08. The molecule has 2 aliphatic heterocycles. The Hall–Kier alpha value is -1.53. The molecule has 6 heteroatoms. The number of aliphatic hydroxyl groups is 1. The molecule has 138 valence electrons. The molecule has 2 atom stereocenters. The Balaban J connectivity index is 1.58. The molecule has 0 aliphatic carbocycles. The molecule has 2 aliphatic rings. The summed E-state index contributed by atoms with van der Waals surface area (Å²) in [7, 11) is 0. The van der Waals surface area contributed by atoms with Gasteiger partial charge in [-0.1, -0.05) is 13.8 Å². The van der Waals surface area contributed by atoms with Gasteiger partial charge in [-0.25, -0.2) is 9.97 Å². The van der Waals surface area contributed by atoms with Crippen molar-refractivity contribution in [3.05, 3.63) is 23.8 Å². The molecule has 1 aromatic heterocycles. The Kier molecular flexibility index (Phi) is 6.02. The van der Waals surface area contributed by atoms with Crippen LogP contribution in [0.25, 0.3) is 0 Å². The zero-order valence-electron chi connectivity index (χ0n) is 15.4. The van der Waals surface area contributed by atoms with Crippen LogP contribution >= 0.6 is 0 Å². The van der Waals surface area contributed by atoms with E-state index >= 15 is 0 Å². The molecule has 3 heterocycles. The molecule has 1 aromatic rings. The Morgan fingerprint density at radius 3 is 2.72 bits per heavy atom. The summed E-state index contributed by atoms with van der Waals surface area (Å²) in [5.41, 5.74) is 1.16. The molecule has 0 aromatic carbocycles. The Morgan fingerprint density at radius 2 is 2.04 bits per heavy atom. The maximum atomic E-state index is 12.2. The van der Waals surface area contributed by atoms with Gasteiger partial charge in [0.25, 0.3) is 0 Å². The number of aromatic nitrogens is 2. The minimum absolute atomic E-state index is 0.152. The topological polar surface area (TPSA) is 69.6 Å². The Morgan fingerprint density at radius 1 is 1.28 bits per heavy atom. The van der Waals surface area contributed by atoms with Crippen molar-refractivity contribution in [2.24, 2.45) is 5.92 Å². The fourth-order valence-corrected chi connectivity index (χ4v) is 4.10. The standard InChI is InChI=1S/C19H30N4O2/c1-14(2)19-20-10-15(11-21-19)12-22-8-6-17-16(13-22)4-5-18(25)23(17)7-3-9-24/h10-11,14,16-17,24H,3-9,12-13H2,1-2H3/t16-,17+/m0/s1. The predicted molar refractivity (Wildman–Crippen MR) is 95.9 cm³/mol. The summed E-state index contributed by atoms with van der Waals surface area (Å²) < 4.78 is 0. The summed E-state index contributed by atoms with van der Waals surface area (Å²) >= 11 is 0. The third kappa shape index (κ3) is 4.36. The number of likely N-dealkylation sites (tertiary alicyclic amines) is 2. The second-order valence-electron chi connectivity index (χ2n) is 7.66. The highest BCUT2D eigenvalue weighted by molar-refractivity contribution is 5.77. The molecule has 6 nitrogen and oxygen atoms in total. The van der Waals surface area contributed by atoms with Crippen molar-refractivity contribution in [2.75, 3.05) is 26.2 Å². The largest absolute Gasteiger partial charge is 0.396 e. The van der Waals surface area contributed by atoms with Gasteiger partial charge in [0.05, 0.1) is 0 Å². The lowest BCUT2D eigenvalue weighted by atomic mass is 9.83. The van der Waals surface area contributed by atoms with Crippen molar-refractivity contribution in [2.45, 2.75) is 58.0 Å². The summed E-state index contributed by atoms with van der Waals surface area (Å²) in [5.74, 6) is 2.06. The number of aliphatic hydroxyl groups excluding tert-OH is 1. The van der Waals surface area contributed by atoms with Gasteiger partial charge in [0.1, 0.15) is 5.82 Å². The van der Waals surface area contributed by atoms with Gasteiger partial charge in [0.15, 0.2) is 0 Å². The van der Waals surface area contributed by atoms with Crippen LogP contribution < -0.4 is 0 Å². The first-order chi connectivity index (χ1) is 12.1. The number of carbonyl (C=O) groups is 1. The van der Waals surface area contributed by atoms with E-state index in [1.54, 1.807) is 0 Å². The first-order valence-electron chi connectivity index (χ1n) is 9.52. The van der Waals surface area contributed by atoms with E-state index in [0.29, 0.717) is 37.3 Å². The molecule has 3 rings (SSSR count). The quantitative estimate of drug-likeness (QED) is 0.850. The fourth-order valence-electron chi connectivity index (χ4n) is 4.10. The predicted octanol–water partition coefficient (Wildman–Crippen LogP) is 1.80. The average Bonchev–Trinajstić information content (AvgIpc) is 2.61. The van der Waals surface area contributed by atoms with Gasteiger partial charge >= 0.3 is 0 Å². The van der Waals surface area contributed by atoms with Gasteiger partial charge in [-0.05, 0) is 25.2 Å². The number of hydrogen-bond acceptors (Lipinski definition) is 5. The van der Waals surface area contributed by atoms with E-state index in [0.717, 1.165) is 43.9 Å². The monoisotopic (exact) mass is 346 g/mol. The van der Waals surface area contributed by atoms with Crippen LogP contribution in [0.15, 0.2) is 12.4 Å². The lowest BCUT2D eigenvalue weighted by Crippen LogP contribution is -2.56. The molecular weight excluding hydrogens is 316 g/mol. The van der Waals surface area contributed by atoms with E-state index in [1.807, 2.05) is 17.3 Å². The first kappa shape index (κ1) is 18.3. The first-order valence-corrected chi connectivity index (χ1v) is 9.52. The minimum atomic E-state index is 0.152. The molecule has 2 fully saturated rings. The lowest BCUT2D eigenvalue weighted by Gasteiger charge is -2.47. The number of carbonyl (C=O) groups excluding carboxylic acids is 1. The van der Waals surface area contributed by atoms with Gasteiger partial charge in [0.2, 0.25) is 5.91 Å². The van der Waals surface area contributed by atoms with E-state index in [-0.39, 0.29) is 12.5 Å². The zero-order valence-corrected chi connectivity index (χ0v) is 15.4. The van der Waals surface area contributed by atoms with Crippen LogP contribution in [-0.2, 0) is 11.3 Å². The smallest absolute Gasteiger partial charge is 0.222 e. The number of hydrogen-bond donors (Lipinski definition) is 1. The third-order valence-electron chi connectivity index (χ3n) is 5.43. The summed E-state index contributed by atoms with van der Waals surface area (Å²) in [6, 6.07) is 0.351. The van der Waals surface area contributed by atoms with Crippen LogP contribution in [0, 0.1) is 5.92 Å². The van der Waals surface area contributed by atoms with Crippen LogP contribution in [-0.4, -0.2) is 63.1 Å². The van der Waals surface area contributed by atoms with Gasteiger partial charge in [-0.15, -0.1) is 0 Å². The van der Waals surface area contributed by atoms with Crippen molar-refractivity contribution in [1.82, 2.24) is 19.8 Å². The average molecular weight is 346 g/mol. The SMILES string of the molecule is CC(C)c1ncc(CN2CC[C@@H]3[C@@H](CCC(=O)N3CCCO)C2)cn1. The second-order valence-corrected chi connectivity index (χ2v) is 7.66. The van der Waals surface area contributed by atoms with Crippen molar-refractivity contribution >= 4 is 5.91 Å². The van der Waals surface area contributed by atoms with E-state index < -0.39 is 0 Å². The van der Waals surface area contributed by atoms with Crippen LogP contribution in [0.2, 0.25) is 0 Å². The van der Waals surface area contributed by atoms with E-state index in [2.05, 4.69) is 28.7 Å². The molecule has 0 unspecified atom stereocenters. The maximum Gasteiger partial charge on any atom is 0.222 e. The van der Waals surface area contributed by atoms with Crippen LogP contribution in [0.5, 0.6) is 0 Å². The maximum absolute atomic E-state index is 12.2. The Bertz CT molecular complexity index is 575. The van der Waals surface area contributed by atoms with Crippen LogP contribution in [0.4, 0.5) is 0 Å². The summed E-state index contributed by atoms with van der Waals surface area (Å²) in [6.07, 6.45) is 7.23. The number of piperidine rings is 2. The van der Waals surface area contributed by atoms with E-state index in [1.165, 1.54) is 0 Å².